The molecule has 5 rings (SSSR count). The Morgan fingerprint density at radius 2 is 1.74 bits per heavy atom. The fourth-order valence-electron chi connectivity index (χ4n) is 5.21. The van der Waals surface area contributed by atoms with Crippen LogP contribution in [0.5, 0.6) is 11.5 Å². The van der Waals surface area contributed by atoms with E-state index in [-0.39, 0.29) is 30.5 Å². The molecule has 9 heteroatoms. The van der Waals surface area contributed by atoms with Crippen molar-refractivity contribution in [3.63, 3.8) is 0 Å². The Balaban J connectivity index is 1.35. The Kier molecular flexibility index (Phi) is 7.83. The van der Waals surface area contributed by atoms with Gasteiger partial charge in [-0.3, -0.25) is 14.6 Å². The van der Waals surface area contributed by atoms with Crippen molar-refractivity contribution in [2.24, 2.45) is 5.92 Å². The number of ether oxygens (including phenoxy) is 3. The van der Waals surface area contributed by atoms with Crippen LogP contribution in [0.1, 0.15) is 54.6 Å². The van der Waals surface area contributed by atoms with Crippen molar-refractivity contribution in [2.75, 3.05) is 27.4 Å². The molecule has 1 aromatic carbocycles. The molecule has 0 spiro atoms. The first-order chi connectivity index (χ1) is 18.5. The van der Waals surface area contributed by atoms with Crippen LogP contribution in [0.2, 0.25) is 0 Å². The third-order valence-corrected chi connectivity index (χ3v) is 7.45. The maximum absolute atomic E-state index is 13.5. The number of H-pyrrole nitrogens is 1. The molecule has 2 aliphatic rings. The number of benzene rings is 1. The number of carbonyl (C=O) groups excluding carboxylic acids is 2. The van der Waals surface area contributed by atoms with E-state index in [0.717, 1.165) is 59.5 Å². The normalized spacial score (nSPS) is 19.2. The molecule has 2 aliphatic carbocycles. The smallest absolute Gasteiger partial charge is 0.255 e. The van der Waals surface area contributed by atoms with E-state index in [1.807, 2.05) is 31.2 Å². The first kappa shape index (κ1) is 26.0. The highest BCUT2D eigenvalue weighted by Crippen LogP contribution is 2.39. The van der Waals surface area contributed by atoms with E-state index >= 15 is 0 Å². The molecule has 0 radical (unpaired) electrons. The zero-order valence-electron chi connectivity index (χ0n) is 22.3. The van der Waals surface area contributed by atoms with Gasteiger partial charge < -0.3 is 29.8 Å². The molecule has 0 bridgehead atoms. The average Bonchev–Trinajstić information content (AvgIpc) is 3.68. The van der Waals surface area contributed by atoms with E-state index in [1.54, 1.807) is 13.3 Å². The van der Waals surface area contributed by atoms with Crippen LogP contribution in [-0.2, 0) is 9.53 Å². The Labute approximate surface area is 222 Å². The lowest BCUT2D eigenvalue weighted by Gasteiger charge is -2.29. The number of aromatic amines is 1. The van der Waals surface area contributed by atoms with Crippen molar-refractivity contribution in [1.82, 2.24) is 20.6 Å². The molecular weight excluding hydrogens is 484 g/mol. The minimum Gasteiger partial charge on any atom is -0.497 e. The number of aryl methyl sites for hydroxylation is 1. The number of carbonyl (C=O) groups is 2. The average molecular weight is 521 g/mol. The summed E-state index contributed by atoms with van der Waals surface area (Å²) in [7, 11) is 3.16. The number of amides is 2. The number of hydrogen-bond acceptors (Lipinski definition) is 6. The second-order valence-electron chi connectivity index (χ2n) is 10.3. The number of aromatic nitrogens is 2. The Bertz CT molecular complexity index is 1310. The van der Waals surface area contributed by atoms with Gasteiger partial charge in [-0.2, -0.15) is 0 Å². The van der Waals surface area contributed by atoms with Crippen LogP contribution in [0.3, 0.4) is 0 Å². The number of nitrogens with zero attached hydrogens (tertiary/aromatic N) is 1. The van der Waals surface area contributed by atoms with Gasteiger partial charge in [-0.25, -0.2) is 0 Å². The summed E-state index contributed by atoms with van der Waals surface area (Å²) in [4.78, 5) is 33.3. The second kappa shape index (κ2) is 11.4. The van der Waals surface area contributed by atoms with Crippen LogP contribution in [0, 0.1) is 12.8 Å². The van der Waals surface area contributed by atoms with Gasteiger partial charge in [-0.05, 0) is 75.6 Å². The SMILES string of the molecule is COCC(=O)NC1CCC(NC(=O)c2c(C)[nH]c3c(-c4cc(OC)ccc4OCC4CC4)ccnc23)CC1. The van der Waals surface area contributed by atoms with Crippen LogP contribution in [0.15, 0.2) is 30.5 Å². The van der Waals surface area contributed by atoms with E-state index in [1.165, 1.54) is 20.0 Å². The number of methoxy groups -OCH3 is 2. The summed E-state index contributed by atoms with van der Waals surface area (Å²) >= 11 is 0. The summed E-state index contributed by atoms with van der Waals surface area (Å²) in [6.07, 6.45) is 7.39. The third kappa shape index (κ3) is 5.78. The summed E-state index contributed by atoms with van der Waals surface area (Å²) < 4.78 is 16.6. The highest BCUT2D eigenvalue weighted by Gasteiger charge is 2.27. The molecule has 0 atom stereocenters. The van der Waals surface area contributed by atoms with E-state index in [9.17, 15) is 9.59 Å². The number of hydrogen-bond donors (Lipinski definition) is 3. The topological polar surface area (TPSA) is 115 Å². The van der Waals surface area contributed by atoms with Crippen LogP contribution >= 0.6 is 0 Å². The zero-order chi connectivity index (χ0) is 26.6. The number of fused-ring (bicyclic) bond motifs is 1. The van der Waals surface area contributed by atoms with Crippen LogP contribution < -0.4 is 20.1 Å². The monoisotopic (exact) mass is 520 g/mol. The fraction of sp³-hybridized carbons (Fsp3) is 0.483. The summed E-state index contributed by atoms with van der Waals surface area (Å²) in [6.45, 7) is 2.66. The molecule has 38 heavy (non-hydrogen) atoms. The Morgan fingerprint density at radius 3 is 2.42 bits per heavy atom. The van der Waals surface area contributed by atoms with Gasteiger partial charge in [0.15, 0.2) is 0 Å². The van der Waals surface area contributed by atoms with Crippen LogP contribution in [0.25, 0.3) is 22.2 Å². The quantitative estimate of drug-likeness (QED) is 0.370. The van der Waals surface area contributed by atoms with E-state index in [0.29, 0.717) is 23.6 Å². The molecule has 2 fully saturated rings. The molecule has 2 saturated carbocycles. The maximum Gasteiger partial charge on any atom is 0.255 e. The largest absolute Gasteiger partial charge is 0.497 e. The van der Waals surface area contributed by atoms with E-state index < -0.39 is 0 Å². The number of pyridine rings is 1. The van der Waals surface area contributed by atoms with Crippen LogP contribution in [-0.4, -0.2) is 61.3 Å². The van der Waals surface area contributed by atoms with Crippen molar-refractivity contribution in [1.29, 1.82) is 0 Å². The first-order valence-corrected chi connectivity index (χ1v) is 13.3. The maximum atomic E-state index is 13.5. The van der Waals surface area contributed by atoms with Gasteiger partial charge in [-0.1, -0.05) is 0 Å². The lowest BCUT2D eigenvalue weighted by molar-refractivity contribution is -0.125. The molecule has 3 aromatic rings. The number of rotatable bonds is 10. The molecule has 3 N–H and O–H groups in total. The van der Waals surface area contributed by atoms with Gasteiger partial charge in [0.1, 0.15) is 23.6 Å². The van der Waals surface area contributed by atoms with Crippen molar-refractivity contribution < 1.29 is 23.8 Å². The second-order valence-corrected chi connectivity index (χ2v) is 10.3. The molecule has 0 aliphatic heterocycles. The summed E-state index contributed by atoms with van der Waals surface area (Å²) in [5, 5.41) is 6.20. The fourth-order valence-corrected chi connectivity index (χ4v) is 5.21. The van der Waals surface area contributed by atoms with Crippen molar-refractivity contribution >= 4 is 22.8 Å². The van der Waals surface area contributed by atoms with Gasteiger partial charge in [0.2, 0.25) is 5.91 Å². The van der Waals surface area contributed by atoms with E-state index in [4.69, 9.17) is 14.2 Å². The highest BCUT2D eigenvalue weighted by molar-refractivity contribution is 6.09. The molecule has 0 unspecified atom stereocenters. The third-order valence-electron chi connectivity index (χ3n) is 7.45. The van der Waals surface area contributed by atoms with Gasteiger partial charge >= 0.3 is 0 Å². The van der Waals surface area contributed by atoms with Crippen molar-refractivity contribution in [3.8, 4) is 22.6 Å². The van der Waals surface area contributed by atoms with Gasteiger partial charge in [0, 0.05) is 42.2 Å². The van der Waals surface area contributed by atoms with Gasteiger partial charge in [-0.15, -0.1) is 0 Å². The summed E-state index contributed by atoms with van der Waals surface area (Å²) in [6, 6.07) is 7.92. The predicted octanol–water partition coefficient (Wildman–Crippen LogP) is 4.14. The minimum absolute atomic E-state index is 0.0476. The highest BCUT2D eigenvalue weighted by atomic mass is 16.5. The standard InChI is InChI=1S/C29H36N4O5/c1-17-26(29(35)33-20-8-6-19(7-9-20)32-25(34)16-36-2)28-27(31-17)22(12-13-30-28)23-14-21(37-3)10-11-24(23)38-15-18-4-5-18/h10-14,18-20,31H,4-9,15-16H2,1-3H3,(H,32,34)(H,33,35). The summed E-state index contributed by atoms with van der Waals surface area (Å²) in [5.74, 6) is 1.91. The Hall–Kier alpha value is -3.59. The van der Waals surface area contributed by atoms with Gasteiger partial charge in [0.05, 0.1) is 24.8 Å². The number of nitrogens with one attached hydrogen (secondary N) is 3. The van der Waals surface area contributed by atoms with Crippen LogP contribution in [0.4, 0.5) is 0 Å². The molecule has 2 amide bonds. The zero-order valence-corrected chi connectivity index (χ0v) is 22.3. The summed E-state index contributed by atoms with van der Waals surface area (Å²) in [5.41, 5.74) is 4.56. The lowest BCUT2D eigenvalue weighted by atomic mass is 9.91. The molecule has 2 heterocycles. The molecule has 9 nitrogen and oxygen atoms in total. The van der Waals surface area contributed by atoms with E-state index in [2.05, 4.69) is 20.6 Å². The molecule has 202 valence electrons. The van der Waals surface area contributed by atoms with Crippen molar-refractivity contribution in [2.45, 2.75) is 57.5 Å². The lowest BCUT2D eigenvalue weighted by Crippen LogP contribution is -2.44. The molecular formula is C29H36N4O5. The Morgan fingerprint density at radius 1 is 1.00 bits per heavy atom. The van der Waals surface area contributed by atoms with Gasteiger partial charge in [0.25, 0.3) is 5.91 Å². The predicted molar refractivity (Wildman–Crippen MR) is 145 cm³/mol. The molecule has 2 aromatic heterocycles. The molecule has 0 saturated heterocycles. The first-order valence-electron chi connectivity index (χ1n) is 13.3. The van der Waals surface area contributed by atoms with Crippen molar-refractivity contribution in [3.05, 3.63) is 41.7 Å². The minimum atomic E-state index is -0.138.